The first-order chi connectivity index (χ1) is 9.97. The van der Waals surface area contributed by atoms with Gasteiger partial charge in [0.1, 0.15) is 23.7 Å². The summed E-state index contributed by atoms with van der Waals surface area (Å²) in [4.78, 5) is 21.0. The summed E-state index contributed by atoms with van der Waals surface area (Å²) in [5.41, 5.74) is -0.245. The summed E-state index contributed by atoms with van der Waals surface area (Å²) >= 11 is 0. The Balaban J connectivity index is 2.19. The summed E-state index contributed by atoms with van der Waals surface area (Å²) in [5.74, 6) is -1.11. The van der Waals surface area contributed by atoms with E-state index in [2.05, 4.69) is 0 Å². The van der Waals surface area contributed by atoms with Crippen LogP contribution in [-0.2, 0) is 6.61 Å². The normalized spacial score (nSPS) is 10.1. The molecule has 2 N–H and O–H groups in total. The van der Waals surface area contributed by atoms with Crippen molar-refractivity contribution in [3.05, 3.63) is 63.7 Å². The molecule has 0 aromatic heterocycles. The van der Waals surface area contributed by atoms with Crippen LogP contribution in [0.25, 0.3) is 0 Å². The average Bonchev–Trinajstić information content (AvgIpc) is 2.44. The van der Waals surface area contributed by atoms with Crippen molar-refractivity contribution < 1.29 is 24.7 Å². The topological polar surface area (TPSA) is 110 Å². The number of rotatable bonds is 5. The van der Waals surface area contributed by atoms with Crippen LogP contribution in [0, 0.1) is 10.1 Å². The molecule has 0 fully saturated rings. The van der Waals surface area contributed by atoms with E-state index in [-0.39, 0.29) is 18.1 Å². The number of phenolic OH excluding ortho intramolecular Hbond substituents is 1. The molecule has 0 heterocycles. The highest BCUT2D eigenvalue weighted by molar-refractivity contribution is 5.92. The van der Waals surface area contributed by atoms with Gasteiger partial charge in [0.2, 0.25) is 0 Å². The first kappa shape index (κ1) is 14.3. The number of carboxylic acid groups (broad SMARTS) is 1. The molecule has 0 aliphatic heterocycles. The molecule has 0 spiro atoms. The van der Waals surface area contributed by atoms with Crippen molar-refractivity contribution >= 4 is 11.7 Å². The Morgan fingerprint density at radius 3 is 2.62 bits per heavy atom. The molecule has 0 aliphatic carbocycles. The van der Waals surface area contributed by atoms with Gasteiger partial charge in [0.25, 0.3) is 5.69 Å². The number of nitro groups is 1. The largest absolute Gasteiger partial charge is 0.508 e. The van der Waals surface area contributed by atoms with E-state index >= 15 is 0 Å². The van der Waals surface area contributed by atoms with E-state index in [0.717, 1.165) is 12.1 Å². The van der Waals surface area contributed by atoms with Crippen molar-refractivity contribution in [1.82, 2.24) is 0 Å². The SMILES string of the molecule is O=C(O)c1cc(OCc2cccc(O)c2)ccc1[N+](=O)[O-]. The smallest absolute Gasteiger partial charge is 0.342 e. The molecule has 0 bridgehead atoms. The van der Waals surface area contributed by atoms with Crippen LogP contribution in [0.1, 0.15) is 15.9 Å². The quantitative estimate of drug-likeness (QED) is 0.646. The van der Waals surface area contributed by atoms with Gasteiger partial charge in [-0.1, -0.05) is 12.1 Å². The molecule has 0 atom stereocenters. The first-order valence-electron chi connectivity index (χ1n) is 5.90. The lowest BCUT2D eigenvalue weighted by atomic mass is 10.1. The summed E-state index contributed by atoms with van der Waals surface area (Å²) < 4.78 is 5.38. The van der Waals surface area contributed by atoms with Crippen molar-refractivity contribution in [2.24, 2.45) is 0 Å². The minimum Gasteiger partial charge on any atom is -0.508 e. The third-order valence-electron chi connectivity index (χ3n) is 2.71. The second kappa shape index (κ2) is 5.91. The van der Waals surface area contributed by atoms with Crippen LogP contribution in [0.5, 0.6) is 11.5 Å². The third kappa shape index (κ3) is 3.47. The molecule has 2 aromatic rings. The van der Waals surface area contributed by atoms with Crippen molar-refractivity contribution in [2.75, 3.05) is 0 Å². The molecule has 2 aromatic carbocycles. The average molecular weight is 289 g/mol. The fourth-order valence-corrected chi connectivity index (χ4v) is 1.75. The molecule has 7 nitrogen and oxygen atoms in total. The zero-order valence-electron chi connectivity index (χ0n) is 10.7. The number of hydrogen-bond acceptors (Lipinski definition) is 5. The van der Waals surface area contributed by atoms with Crippen LogP contribution in [0.2, 0.25) is 0 Å². The second-order valence-electron chi connectivity index (χ2n) is 4.20. The van der Waals surface area contributed by atoms with Gasteiger partial charge in [0.15, 0.2) is 0 Å². The zero-order chi connectivity index (χ0) is 15.4. The molecule has 108 valence electrons. The van der Waals surface area contributed by atoms with Gasteiger partial charge in [0.05, 0.1) is 4.92 Å². The molecule has 2 rings (SSSR count). The number of carboxylic acids is 1. The number of hydrogen-bond donors (Lipinski definition) is 2. The molecule has 0 saturated heterocycles. The Bertz CT molecular complexity index is 698. The molecular formula is C14H11NO6. The van der Waals surface area contributed by atoms with E-state index in [0.29, 0.717) is 5.56 Å². The maximum atomic E-state index is 11.0. The van der Waals surface area contributed by atoms with Gasteiger partial charge in [-0.05, 0) is 23.8 Å². The monoisotopic (exact) mass is 289 g/mol. The number of nitro benzene ring substituents is 1. The molecule has 0 aliphatic rings. The van der Waals surface area contributed by atoms with Gasteiger partial charge in [-0.25, -0.2) is 4.79 Å². The summed E-state index contributed by atoms with van der Waals surface area (Å²) in [6, 6.07) is 9.90. The second-order valence-corrected chi connectivity index (χ2v) is 4.20. The predicted molar refractivity (Wildman–Crippen MR) is 72.5 cm³/mol. The van der Waals surface area contributed by atoms with Crippen molar-refractivity contribution in [2.45, 2.75) is 6.61 Å². The number of aromatic hydroxyl groups is 1. The van der Waals surface area contributed by atoms with Gasteiger partial charge in [-0.15, -0.1) is 0 Å². The van der Waals surface area contributed by atoms with Crippen molar-refractivity contribution in [3.63, 3.8) is 0 Å². The molecule has 0 unspecified atom stereocenters. The van der Waals surface area contributed by atoms with E-state index in [1.54, 1.807) is 12.1 Å². The van der Waals surface area contributed by atoms with E-state index in [1.165, 1.54) is 18.2 Å². The van der Waals surface area contributed by atoms with Crippen LogP contribution in [-0.4, -0.2) is 21.1 Å². The number of ether oxygens (including phenoxy) is 1. The van der Waals surface area contributed by atoms with Crippen molar-refractivity contribution in [3.8, 4) is 11.5 Å². The summed E-state index contributed by atoms with van der Waals surface area (Å²) in [5, 5.41) is 29.0. The third-order valence-corrected chi connectivity index (χ3v) is 2.71. The van der Waals surface area contributed by atoms with Gasteiger partial charge in [0, 0.05) is 12.1 Å². The van der Waals surface area contributed by atoms with Gasteiger partial charge < -0.3 is 14.9 Å². The van der Waals surface area contributed by atoms with Crippen LogP contribution < -0.4 is 4.74 Å². The number of carbonyl (C=O) groups is 1. The fourth-order valence-electron chi connectivity index (χ4n) is 1.75. The van der Waals surface area contributed by atoms with Gasteiger partial charge in [-0.3, -0.25) is 10.1 Å². The van der Waals surface area contributed by atoms with Crippen LogP contribution in [0.15, 0.2) is 42.5 Å². The molecule has 0 saturated carbocycles. The van der Waals surface area contributed by atoms with E-state index in [4.69, 9.17) is 9.84 Å². The summed E-state index contributed by atoms with van der Waals surface area (Å²) in [7, 11) is 0. The Hall–Kier alpha value is -3.09. The minimum absolute atomic E-state index is 0.0889. The number of phenols is 1. The number of aromatic carboxylic acids is 1. The molecule has 0 amide bonds. The zero-order valence-corrected chi connectivity index (χ0v) is 10.7. The predicted octanol–water partition coefficient (Wildman–Crippen LogP) is 2.58. The standard InChI is InChI=1S/C14H11NO6/c16-10-3-1-2-9(6-10)8-21-11-4-5-13(15(19)20)12(7-11)14(17)18/h1-7,16H,8H2,(H,17,18). The Morgan fingerprint density at radius 2 is 2.00 bits per heavy atom. The maximum absolute atomic E-state index is 11.0. The Labute approximate surface area is 119 Å². The lowest BCUT2D eigenvalue weighted by Crippen LogP contribution is -2.04. The van der Waals surface area contributed by atoms with E-state index in [1.807, 2.05) is 0 Å². The highest BCUT2D eigenvalue weighted by Gasteiger charge is 2.20. The molecular weight excluding hydrogens is 278 g/mol. The van der Waals surface area contributed by atoms with Gasteiger partial charge in [-0.2, -0.15) is 0 Å². The highest BCUT2D eigenvalue weighted by atomic mass is 16.6. The van der Waals surface area contributed by atoms with Crippen LogP contribution >= 0.6 is 0 Å². The minimum atomic E-state index is -1.40. The lowest BCUT2D eigenvalue weighted by molar-refractivity contribution is -0.385. The number of benzene rings is 2. The summed E-state index contributed by atoms with van der Waals surface area (Å²) in [6.45, 7) is 0.102. The molecule has 21 heavy (non-hydrogen) atoms. The van der Waals surface area contributed by atoms with Crippen LogP contribution in [0.4, 0.5) is 5.69 Å². The van der Waals surface area contributed by atoms with Gasteiger partial charge >= 0.3 is 5.97 Å². The summed E-state index contributed by atoms with van der Waals surface area (Å²) in [6.07, 6.45) is 0. The lowest BCUT2D eigenvalue weighted by Gasteiger charge is -2.07. The van der Waals surface area contributed by atoms with Crippen molar-refractivity contribution in [1.29, 1.82) is 0 Å². The first-order valence-corrected chi connectivity index (χ1v) is 5.90. The molecule has 0 radical (unpaired) electrons. The Morgan fingerprint density at radius 1 is 1.24 bits per heavy atom. The Kier molecular flexibility index (Phi) is 4.03. The molecule has 7 heteroatoms. The number of nitrogens with zero attached hydrogens (tertiary/aromatic N) is 1. The van der Waals surface area contributed by atoms with Crippen LogP contribution in [0.3, 0.4) is 0 Å². The maximum Gasteiger partial charge on any atom is 0.342 e. The van der Waals surface area contributed by atoms with E-state index in [9.17, 15) is 20.0 Å². The highest BCUT2D eigenvalue weighted by Crippen LogP contribution is 2.25. The van der Waals surface area contributed by atoms with E-state index < -0.39 is 22.1 Å². The fraction of sp³-hybridized carbons (Fsp3) is 0.0714.